The largest absolute Gasteiger partial charge is 0.494 e. The normalized spacial score (nSPS) is 11.2. The minimum atomic E-state index is 0.250. The molecule has 2 aromatic heterocycles. The monoisotopic (exact) mass is 504 g/mol. The van der Waals surface area contributed by atoms with Gasteiger partial charge in [-0.05, 0) is 43.1 Å². The number of hydrogen-bond acceptors (Lipinski definition) is 8. The Hall–Kier alpha value is -3.85. The van der Waals surface area contributed by atoms with Crippen molar-refractivity contribution in [3.8, 4) is 17.8 Å². The number of hydrogen-bond donors (Lipinski definition) is 1. The third kappa shape index (κ3) is 7.10. The van der Waals surface area contributed by atoms with Gasteiger partial charge in [0, 0.05) is 13.1 Å². The molecule has 2 N–H and O–H groups in total. The second kappa shape index (κ2) is 12.9. The maximum absolute atomic E-state index is 6.14. The third-order valence-electron chi connectivity index (χ3n) is 5.99. The number of imidazole rings is 1. The zero-order chi connectivity index (χ0) is 26.0. The Bertz CT molecular complexity index is 1260. The summed E-state index contributed by atoms with van der Waals surface area (Å²) < 4.78 is 19.0. The van der Waals surface area contributed by atoms with E-state index in [9.17, 15) is 0 Å². The number of unbranched alkanes of at least 4 members (excludes halogenated alkanes) is 1. The first-order chi connectivity index (χ1) is 18.1. The number of rotatable bonds is 14. The highest BCUT2D eigenvalue weighted by molar-refractivity contribution is 5.83. The molecule has 0 spiro atoms. The summed E-state index contributed by atoms with van der Waals surface area (Å²) in [4.78, 5) is 15.6. The summed E-state index contributed by atoms with van der Waals surface area (Å²) in [7, 11) is 3.71. The highest BCUT2D eigenvalue weighted by Gasteiger charge is 2.18. The van der Waals surface area contributed by atoms with Crippen molar-refractivity contribution >= 4 is 17.0 Å². The number of nitrogens with two attached hydrogens (primary N) is 1. The first-order valence-electron chi connectivity index (χ1n) is 12.7. The number of nitrogens with zero attached hydrogens (tertiary/aromatic N) is 5. The molecule has 9 heteroatoms. The van der Waals surface area contributed by atoms with Crippen LogP contribution >= 0.6 is 0 Å². The van der Waals surface area contributed by atoms with Gasteiger partial charge in [0.15, 0.2) is 17.0 Å². The molecule has 0 saturated carbocycles. The van der Waals surface area contributed by atoms with E-state index in [0.717, 1.165) is 43.7 Å². The number of ether oxygens (including phenoxy) is 3. The Morgan fingerprint density at radius 1 is 0.892 bits per heavy atom. The summed E-state index contributed by atoms with van der Waals surface area (Å²) in [6, 6.07) is 19.2. The molecule has 0 fully saturated rings. The van der Waals surface area contributed by atoms with Gasteiger partial charge < -0.3 is 24.8 Å². The molecule has 2 heterocycles. The van der Waals surface area contributed by atoms with E-state index in [4.69, 9.17) is 19.9 Å². The van der Waals surface area contributed by atoms with Crippen LogP contribution in [-0.2, 0) is 13.1 Å². The van der Waals surface area contributed by atoms with E-state index in [-0.39, 0.29) is 11.8 Å². The lowest BCUT2D eigenvalue weighted by molar-refractivity contribution is 0.259. The Morgan fingerprint density at radius 2 is 1.65 bits per heavy atom. The van der Waals surface area contributed by atoms with Crippen LogP contribution < -0.4 is 19.9 Å². The van der Waals surface area contributed by atoms with Crippen molar-refractivity contribution in [2.75, 3.05) is 39.6 Å². The van der Waals surface area contributed by atoms with Crippen molar-refractivity contribution in [1.82, 2.24) is 24.4 Å². The molecular formula is C28H36N6O3. The van der Waals surface area contributed by atoms with Gasteiger partial charge in [-0.15, -0.1) is 0 Å². The first kappa shape index (κ1) is 26.2. The number of anilines is 1. The maximum Gasteiger partial charge on any atom is 0.320 e. The molecular weight excluding hydrogens is 468 g/mol. The van der Waals surface area contributed by atoms with E-state index in [1.54, 1.807) is 7.11 Å². The Morgan fingerprint density at radius 3 is 2.38 bits per heavy atom. The van der Waals surface area contributed by atoms with Crippen molar-refractivity contribution < 1.29 is 14.2 Å². The molecule has 0 unspecified atom stereocenters. The maximum atomic E-state index is 6.14. The molecule has 196 valence electrons. The number of nitrogen functional groups attached to an aromatic ring is 1. The molecule has 0 bridgehead atoms. The van der Waals surface area contributed by atoms with Crippen LogP contribution in [0.15, 0.2) is 54.6 Å². The fourth-order valence-corrected chi connectivity index (χ4v) is 4.02. The van der Waals surface area contributed by atoms with Crippen molar-refractivity contribution in [2.24, 2.45) is 0 Å². The van der Waals surface area contributed by atoms with Crippen LogP contribution in [-0.4, -0.2) is 58.3 Å². The fraction of sp³-hybridized carbons (Fsp3) is 0.393. The van der Waals surface area contributed by atoms with Gasteiger partial charge in [0.2, 0.25) is 0 Å². The van der Waals surface area contributed by atoms with Gasteiger partial charge in [0.05, 0.1) is 26.9 Å². The Balaban J connectivity index is 1.34. The molecule has 0 radical (unpaired) electrons. The first-order valence-corrected chi connectivity index (χ1v) is 12.7. The Kier molecular flexibility index (Phi) is 9.15. The van der Waals surface area contributed by atoms with Gasteiger partial charge in [-0.25, -0.2) is 0 Å². The molecule has 0 amide bonds. The van der Waals surface area contributed by atoms with Crippen LogP contribution in [0.5, 0.6) is 17.8 Å². The lowest BCUT2D eigenvalue weighted by Gasteiger charge is -2.16. The lowest BCUT2D eigenvalue weighted by atomic mass is 10.2. The summed E-state index contributed by atoms with van der Waals surface area (Å²) >= 11 is 0. The zero-order valence-corrected chi connectivity index (χ0v) is 21.9. The predicted octanol–water partition coefficient (Wildman–Crippen LogP) is 4.55. The van der Waals surface area contributed by atoms with Crippen LogP contribution in [0.2, 0.25) is 0 Å². The van der Waals surface area contributed by atoms with Gasteiger partial charge in [-0.3, -0.25) is 4.57 Å². The second-order valence-corrected chi connectivity index (χ2v) is 9.02. The highest BCUT2D eigenvalue weighted by atomic mass is 16.5. The van der Waals surface area contributed by atoms with E-state index in [1.165, 1.54) is 5.56 Å². The van der Waals surface area contributed by atoms with E-state index in [1.807, 2.05) is 34.9 Å². The standard InChI is InChI=1S/C28H36N6O3/c1-4-5-17-37-27-31-25(29)24-26(32-27)34(28(30-24)35-3)20-22-12-14-23(15-13-22)36-18-9-16-33(2)19-21-10-7-6-8-11-21/h6-8,10-15H,4-5,9,16-20H2,1-3H3,(H2,29,31,32). The number of aromatic nitrogens is 4. The van der Waals surface area contributed by atoms with Gasteiger partial charge in [0.1, 0.15) is 5.75 Å². The quantitative estimate of drug-likeness (QED) is 0.250. The number of methoxy groups -OCH3 is 1. The number of fused-ring (bicyclic) bond motifs is 1. The minimum absolute atomic E-state index is 0.250. The summed E-state index contributed by atoms with van der Waals surface area (Å²) in [5.74, 6) is 1.11. The highest BCUT2D eigenvalue weighted by Crippen LogP contribution is 2.27. The Labute approximate surface area is 218 Å². The average molecular weight is 505 g/mol. The number of benzene rings is 2. The molecule has 0 atom stereocenters. The van der Waals surface area contributed by atoms with Gasteiger partial charge >= 0.3 is 6.01 Å². The van der Waals surface area contributed by atoms with Crippen molar-refractivity contribution in [1.29, 1.82) is 0 Å². The van der Waals surface area contributed by atoms with Crippen LogP contribution in [0.1, 0.15) is 37.3 Å². The molecule has 2 aromatic carbocycles. The second-order valence-electron chi connectivity index (χ2n) is 9.02. The molecule has 9 nitrogen and oxygen atoms in total. The lowest BCUT2D eigenvalue weighted by Crippen LogP contribution is -2.20. The summed E-state index contributed by atoms with van der Waals surface area (Å²) in [5.41, 5.74) is 9.59. The minimum Gasteiger partial charge on any atom is -0.494 e. The molecule has 37 heavy (non-hydrogen) atoms. The van der Waals surface area contributed by atoms with Gasteiger partial charge in [-0.1, -0.05) is 55.8 Å². The summed E-state index contributed by atoms with van der Waals surface area (Å²) in [6.07, 6.45) is 2.89. The van der Waals surface area contributed by atoms with Crippen molar-refractivity contribution in [3.63, 3.8) is 0 Å². The van der Waals surface area contributed by atoms with Crippen molar-refractivity contribution in [3.05, 3.63) is 65.7 Å². The van der Waals surface area contributed by atoms with Crippen LogP contribution in [0.4, 0.5) is 5.82 Å². The predicted molar refractivity (Wildman–Crippen MR) is 145 cm³/mol. The summed E-state index contributed by atoms with van der Waals surface area (Å²) in [5, 5.41) is 0. The van der Waals surface area contributed by atoms with E-state index >= 15 is 0 Å². The van der Waals surface area contributed by atoms with Crippen LogP contribution in [0, 0.1) is 0 Å². The molecule has 4 aromatic rings. The van der Waals surface area contributed by atoms with Crippen molar-refractivity contribution in [2.45, 2.75) is 39.3 Å². The SMILES string of the molecule is CCCCOc1nc(N)c2nc(OC)n(Cc3ccc(OCCCN(C)Cc4ccccc4)cc3)c2n1. The zero-order valence-electron chi connectivity index (χ0n) is 21.9. The van der Waals surface area contributed by atoms with Crippen LogP contribution in [0.25, 0.3) is 11.2 Å². The van der Waals surface area contributed by atoms with E-state index in [2.05, 4.69) is 58.1 Å². The smallest absolute Gasteiger partial charge is 0.320 e. The van der Waals surface area contributed by atoms with E-state index < -0.39 is 0 Å². The fourth-order valence-electron chi connectivity index (χ4n) is 4.02. The third-order valence-corrected chi connectivity index (χ3v) is 5.99. The molecule has 0 aliphatic heterocycles. The van der Waals surface area contributed by atoms with E-state index in [0.29, 0.717) is 36.9 Å². The molecule has 0 aliphatic carbocycles. The molecule has 0 saturated heterocycles. The average Bonchev–Trinajstić information content (AvgIpc) is 3.26. The van der Waals surface area contributed by atoms with Gasteiger partial charge in [0.25, 0.3) is 6.01 Å². The van der Waals surface area contributed by atoms with Gasteiger partial charge in [-0.2, -0.15) is 15.0 Å². The topological polar surface area (TPSA) is 101 Å². The molecule has 4 rings (SSSR count). The summed E-state index contributed by atoms with van der Waals surface area (Å²) in [6.45, 7) is 5.71. The van der Waals surface area contributed by atoms with Crippen LogP contribution in [0.3, 0.4) is 0 Å². The molecule has 0 aliphatic rings.